The number of fused-ring (bicyclic) bond motifs is 1. The van der Waals surface area contributed by atoms with Crippen LogP contribution in [0, 0.1) is 5.82 Å². The molecule has 1 fully saturated rings. The van der Waals surface area contributed by atoms with Gasteiger partial charge in [-0.3, -0.25) is 0 Å². The fourth-order valence-electron chi connectivity index (χ4n) is 4.15. The van der Waals surface area contributed by atoms with Crippen molar-refractivity contribution in [2.45, 2.75) is 45.3 Å². The molecular weight excluding hydrogens is 405 g/mol. The van der Waals surface area contributed by atoms with Gasteiger partial charge < -0.3 is 14.5 Å². The fourth-order valence-corrected chi connectivity index (χ4v) is 4.15. The van der Waals surface area contributed by atoms with Gasteiger partial charge in [0.1, 0.15) is 11.4 Å². The number of pyridine rings is 1. The summed E-state index contributed by atoms with van der Waals surface area (Å²) in [5.74, 6) is -0.265. The normalized spacial score (nSPS) is 15.1. The molecule has 6 heteroatoms. The van der Waals surface area contributed by atoms with E-state index in [0.717, 1.165) is 40.7 Å². The Hall–Kier alpha value is -3.15. The van der Waals surface area contributed by atoms with Crippen molar-refractivity contribution in [2.75, 3.05) is 25.0 Å². The standard InChI is InChI=1S/C26H30FN3O2/c1-26(2,3)32-25(31)30-15-13-21(14-16-30)29(4)23-17-19-7-5-6-8-22(19)28-24(23)18-9-11-20(27)12-10-18/h5-12,17,21H,13-16H2,1-4H3. The molecule has 0 bridgehead atoms. The van der Waals surface area contributed by atoms with Gasteiger partial charge in [-0.05, 0) is 70.0 Å². The lowest BCUT2D eigenvalue weighted by Crippen LogP contribution is -2.47. The number of benzene rings is 2. The molecule has 2 heterocycles. The predicted molar refractivity (Wildman–Crippen MR) is 126 cm³/mol. The molecule has 32 heavy (non-hydrogen) atoms. The summed E-state index contributed by atoms with van der Waals surface area (Å²) in [4.78, 5) is 21.4. The number of carbonyl (C=O) groups excluding carboxylic acids is 1. The fraction of sp³-hybridized carbons (Fsp3) is 0.385. The topological polar surface area (TPSA) is 45.7 Å². The van der Waals surface area contributed by atoms with E-state index in [9.17, 15) is 9.18 Å². The highest BCUT2D eigenvalue weighted by atomic mass is 19.1. The number of amides is 1. The summed E-state index contributed by atoms with van der Waals surface area (Å²) in [5.41, 5.74) is 3.13. The third-order valence-electron chi connectivity index (χ3n) is 5.87. The Morgan fingerprint density at radius 1 is 1.09 bits per heavy atom. The Labute approximate surface area is 188 Å². The van der Waals surface area contributed by atoms with Gasteiger partial charge in [-0.2, -0.15) is 0 Å². The average molecular weight is 436 g/mol. The van der Waals surface area contributed by atoms with Crippen molar-refractivity contribution in [3.63, 3.8) is 0 Å². The lowest BCUT2D eigenvalue weighted by Gasteiger charge is -2.38. The number of anilines is 1. The van der Waals surface area contributed by atoms with Crippen molar-refractivity contribution in [1.29, 1.82) is 0 Å². The lowest BCUT2D eigenvalue weighted by molar-refractivity contribution is 0.0205. The zero-order valence-electron chi connectivity index (χ0n) is 19.1. The summed E-state index contributed by atoms with van der Waals surface area (Å²) in [6, 6.07) is 16.9. The minimum Gasteiger partial charge on any atom is -0.444 e. The molecule has 0 atom stereocenters. The summed E-state index contributed by atoms with van der Waals surface area (Å²) >= 11 is 0. The highest BCUT2D eigenvalue weighted by molar-refractivity contribution is 5.89. The first kappa shape index (κ1) is 22.1. The maximum absolute atomic E-state index is 13.5. The van der Waals surface area contributed by atoms with Gasteiger partial charge in [0.05, 0.1) is 16.9 Å². The van der Waals surface area contributed by atoms with Crippen molar-refractivity contribution >= 4 is 22.7 Å². The molecule has 0 spiro atoms. The number of hydrogen-bond donors (Lipinski definition) is 0. The number of nitrogens with zero attached hydrogens (tertiary/aromatic N) is 3. The first-order valence-corrected chi connectivity index (χ1v) is 11.1. The number of likely N-dealkylation sites (tertiary alicyclic amines) is 1. The van der Waals surface area contributed by atoms with Crippen LogP contribution in [0.5, 0.6) is 0 Å². The van der Waals surface area contributed by atoms with Crippen LogP contribution in [0.25, 0.3) is 22.2 Å². The molecule has 0 aliphatic carbocycles. The van der Waals surface area contributed by atoms with E-state index >= 15 is 0 Å². The summed E-state index contributed by atoms with van der Waals surface area (Å²) in [5, 5.41) is 1.06. The summed E-state index contributed by atoms with van der Waals surface area (Å²) < 4.78 is 19.1. The highest BCUT2D eigenvalue weighted by Crippen LogP contribution is 2.34. The van der Waals surface area contributed by atoms with Crippen LogP contribution in [0.3, 0.4) is 0 Å². The van der Waals surface area contributed by atoms with Crippen LogP contribution in [0.15, 0.2) is 54.6 Å². The third kappa shape index (κ3) is 4.85. The SMILES string of the molecule is CN(c1cc2ccccc2nc1-c1ccc(F)cc1)C1CCN(C(=O)OC(C)(C)C)CC1. The summed E-state index contributed by atoms with van der Waals surface area (Å²) in [6.45, 7) is 6.95. The van der Waals surface area contributed by atoms with Crippen LogP contribution in [0.2, 0.25) is 0 Å². The summed E-state index contributed by atoms with van der Waals surface area (Å²) in [6.07, 6.45) is 1.43. The molecule has 0 radical (unpaired) electrons. The molecule has 1 saturated heterocycles. The second-order valence-corrected chi connectivity index (χ2v) is 9.37. The van der Waals surface area contributed by atoms with Crippen molar-refractivity contribution in [3.8, 4) is 11.3 Å². The van der Waals surface area contributed by atoms with Crippen molar-refractivity contribution in [2.24, 2.45) is 0 Å². The first-order chi connectivity index (χ1) is 15.2. The zero-order valence-corrected chi connectivity index (χ0v) is 19.1. The Morgan fingerprint density at radius 3 is 2.41 bits per heavy atom. The van der Waals surface area contributed by atoms with Gasteiger partial charge in [0.2, 0.25) is 0 Å². The minimum absolute atomic E-state index is 0.252. The van der Waals surface area contributed by atoms with E-state index in [1.807, 2.05) is 39.0 Å². The first-order valence-electron chi connectivity index (χ1n) is 11.1. The number of rotatable bonds is 3. The van der Waals surface area contributed by atoms with Crippen LogP contribution in [0.4, 0.5) is 14.9 Å². The second kappa shape index (κ2) is 8.77. The van der Waals surface area contributed by atoms with Gasteiger partial charge >= 0.3 is 6.09 Å². The Balaban J connectivity index is 1.59. The van der Waals surface area contributed by atoms with E-state index in [2.05, 4.69) is 24.1 Å². The van der Waals surface area contributed by atoms with Crippen LogP contribution >= 0.6 is 0 Å². The molecular formula is C26H30FN3O2. The summed E-state index contributed by atoms with van der Waals surface area (Å²) in [7, 11) is 2.08. The van der Waals surface area contributed by atoms with E-state index in [0.29, 0.717) is 13.1 Å². The van der Waals surface area contributed by atoms with Gasteiger partial charge in [0.25, 0.3) is 0 Å². The third-order valence-corrected chi connectivity index (χ3v) is 5.87. The van der Waals surface area contributed by atoms with Crippen molar-refractivity contribution in [1.82, 2.24) is 9.88 Å². The number of hydrogen-bond acceptors (Lipinski definition) is 4. The molecule has 0 saturated carbocycles. The molecule has 4 rings (SSSR count). The number of aromatic nitrogens is 1. The van der Waals surface area contributed by atoms with E-state index in [-0.39, 0.29) is 18.0 Å². The maximum atomic E-state index is 13.5. The number of ether oxygens (including phenoxy) is 1. The predicted octanol–water partition coefficient (Wildman–Crippen LogP) is 5.88. The molecule has 1 aliphatic rings. The lowest BCUT2D eigenvalue weighted by atomic mass is 10.0. The number of piperidine rings is 1. The van der Waals surface area contributed by atoms with Crippen LogP contribution < -0.4 is 4.90 Å². The molecule has 1 aliphatic heterocycles. The molecule has 5 nitrogen and oxygen atoms in total. The highest BCUT2D eigenvalue weighted by Gasteiger charge is 2.29. The van der Waals surface area contributed by atoms with Gasteiger partial charge in [-0.1, -0.05) is 18.2 Å². The van der Waals surface area contributed by atoms with E-state index in [4.69, 9.17) is 9.72 Å². The van der Waals surface area contributed by atoms with Crippen LogP contribution in [-0.4, -0.2) is 47.8 Å². The number of para-hydroxylation sites is 1. The van der Waals surface area contributed by atoms with Crippen LogP contribution in [0.1, 0.15) is 33.6 Å². The largest absolute Gasteiger partial charge is 0.444 e. The Kier molecular flexibility index (Phi) is 6.04. The Morgan fingerprint density at radius 2 is 1.75 bits per heavy atom. The quantitative estimate of drug-likeness (QED) is 0.516. The molecule has 2 aromatic carbocycles. The monoisotopic (exact) mass is 435 g/mol. The molecule has 168 valence electrons. The average Bonchev–Trinajstić information content (AvgIpc) is 2.77. The molecule has 0 unspecified atom stereocenters. The van der Waals surface area contributed by atoms with Gasteiger partial charge in [-0.15, -0.1) is 0 Å². The van der Waals surface area contributed by atoms with Gasteiger partial charge in [-0.25, -0.2) is 14.2 Å². The van der Waals surface area contributed by atoms with Gasteiger partial charge in [0, 0.05) is 37.1 Å². The Bertz CT molecular complexity index is 1100. The van der Waals surface area contributed by atoms with Crippen molar-refractivity contribution < 1.29 is 13.9 Å². The number of carbonyl (C=O) groups is 1. The second-order valence-electron chi connectivity index (χ2n) is 9.37. The minimum atomic E-state index is -0.494. The molecule has 1 aromatic heterocycles. The number of halogens is 1. The van der Waals surface area contributed by atoms with E-state index in [1.54, 1.807) is 17.0 Å². The van der Waals surface area contributed by atoms with Crippen molar-refractivity contribution in [3.05, 3.63) is 60.4 Å². The van der Waals surface area contributed by atoms with E-state index in [1.165, 1.54) is 12.1 Å². The van der Waals surface area contributed by atoms with Gasteiger partial charge in [0.15, 0.2) is 0 Å². The van der Waals surface area contributed by atoms with Crippen LogP contribution in [-0.2, 0) is 4.74 Å². The van der Waals surface area contributed by atoms with E-state index < -0.39 is 5.60 Å². The smallest absolute Gasteiger partial charge is 0.410 e. The molecule has 3 aromatic rings. The zero-order chi connectivity index (χ0) is 22.9. The molecule has 1 amide bonds. The molecule has 0 N–H and O–H groups in total. The maximum Gasteiger partial charge on any atom is 0.410 e.